The smallest absolute Gasteiger partial charge is 0.289 e. The molecule has 0 spiro atoms. The molecule has 162 valence electrons. The molecule has 1 amide bonds. The van der Waals surface area contributed by atoms with Gasteiger partial charge in [0.25, 0.3) is 5.91 Å². The number of hydrogen-bond donors (Lipinski definition) is 2. The maximum Gasteiger partial charge on any atom is 0.289 e. The average molecular weight is 438 g/mol. The van der Waals surface area contributed by atoms with Crippen molar-refractivity contribution in [1.29, 1.82) is 0 Å². The van der Waals surface area contributed by atoms with Gasteiger partial charge < -0.3 is 16.0 Å². The highest BCUT2D eigenvalue weighted by Crippen LogP contribution is 2.28. The van der Waals surface area contributed by atoms with Crippen LogP contribution in [0, 0.1) is 0 Å². The molecule has 3 heterocycles. The molecule has 0 bridgehead atoms. The number of amides is 1. The van der Waals surface area contributed by atoms with Crippen LogP contribution in [0.4, 0.5) is 0 Å². The zero-order valence-electron chi connectivity index (χ0n) is 17.8. The van der Waals surface area contributed by atoms with Gasteiger partial charge in [-0.3, -0.25) is 9.20 Å². The van der Waals surface area contributed by atoms with Crippen LogP contribution in [0.3, 0.4) is 0 Å². The summed E-state index contributed by atoms with van der Waals surface area (Å²) in [6, 6.07) is 8.07. The first-order valence-corrected chi connectivity index (χ1v) is 11.4. The number of imidazole rings is 1. The average Bonchev–Trinajstić information content (AvgIpc) is 3.36. The van der Waals surface area contributed by atoms with E-state index in [9.17, 15) is 4.79 Å². The molecule has 31 heavy (non-hydrogen) atoms. The minimum atomic E-state index is -0.242. The Balaban J connectivity index is 1.47. The monoisotopic (exact) mass is 437 g/mol. The van der Waals surface area contributed by atoms with Gasteiger partial charge in [-0.2, -0.15) is 0 Å². The van der Waals surface area contributed by atoms with Crippen LogP contribution in [0.25, 0.3) is 26.6 Å². The summed E-state index contributed by atoms with van der Waals surface area (Å²) >= 11 is 1.45. The van der Waals surface area contributed by atoms with Gasteiger partial charge in [-0.25, -0.2) is 15.0 Å². The topological polar surface area (TPSA) is 101 Å². The maximum absolute atomic E-state index is 12.4. The first-order chi connectivity index (χ1) is 15.1. The number of benzene rings is 1. The van der Waals surface area contributed by atoms with Crippen LogP contribution in [0.1, 0.15) is 36.5 Å². The minimum Gasteiger partial charge on any atom is -0.349 e. The molecule has 0 saturated heterocycles. The first kappa shape index (κ1) is 21.4. The van der Waals surface area contributed by atoms with E-state index in [1.807, 2.05) is 34.9 Å². The molecular formula is C22H27N7OS. The van der Waals surface area contributed by atoms with E-state index in [2.05, 4.69) is 34.0 Å². The third kappa shape index (κ3) is 4.58. The quantitative estimate of drug-likeness (QED) is 0.391. The van der Waals surface area contributed by atoms with Gasteiger partial charge in [0, 0.05) is 24.8 Å². The van der Waals surface area contributed by atoms with Crippen LogP contribution in [0.5, 0.6) is 0 Å². The highest BCUT2D eigenvalue weighted by atomic mass is 32.1. The fourth-order valence-electron chi connectivity index (χ4n) is 3.48. The number of nitrogens with zero attached hydrogens (tertiary/aromatic N) is 5. The van der Waals surface area contributed by atoms with Crippen LogP contribution < -0.4 is 11.1 Å². The zero-order valence-corrected chi connectivity index (χ0v) is 18.7. The molecule has 0 aliphatic carbocycles. The SMILES string of the molecule is CCN(CC)CCCNC(=O)c1ncc2c(n1)sc1nc(-c3ccc(CN)cc3)cn12. The highest BCUT2D eigenvalue weighted by molar-refractivity contribution is 7.23. The number of thiazole rings is 1. The van der Waals surface area contributed by atoms with E-state index in [1.165, 1.54) is 11.3 Å². The van der Waals surface area contributed by atoms with Crippen molar-refractivity contribution in [3.63, 3.8) is 0 Å². The largest absolute Gasteiger partial charge is 0.349 e. The van der Waals surface area contributed by atoms with E-state index in [1.54, 1.807) is 6.20 Å². The van der Waals surface area contributed by atoms with Crippen LogP contribution in [0.15, 0.2) is 36.7 Å². The fraction of sp³-hybridized carbons (Fsp3) is 0.364. The third-order valence-corrected chi connectivity index (χ3v) is 6.34. The molecule has 0 atom stereocenters. The van der Waals surface area contributed by atoms with Gasteiger partial charge in [0.1, 0.15) is 10.3 Å². The molecule has 1 aromatic carbocycles. The van der Waals surface area contributed by atoms with Crippen molar-refractivity contribution in [2.24, 2.45) is 5.73 Å². The van der Waals surface area contributed by atoms with Gasteiger partial charge in [0.05, 0.1) is 11.9 Å². The maximum atomic E-state index is 12.4. The normalized spacial score (nSPS) is 11.6. The molecule has 0 radical (unpaired) electrons. The van der Waals surface area contributed by atoms with Crippen molar-refractivity contribution in [2.75, 3.05) is 26.2 Å². The Bertz CT molecular complexity index is 1180. The molecule has 0 saturated carbocycles. The number of hydrogen-bond acceptors (Lipinski definition) is 7. The summed E-state index contributed by atoms with van der Waals surface area (Å²) in [6.45, 7) is 8.42. The van der Waals surface area contributed by atoms with E-state index >= 15 is 0 Å². The number of aromatic nitrogens is 4. The number of nitrogens with two attached hydrogens (primary N) is 1. The summed E-state index contributed by atoms with van der Waals surface area (Å²) in [5.41, 5.74) is 9.51. The van der Waals surface area contributed by atoms with Crippen molar-refractivity contribution in [2.45, 2.75) is 26.8 Å². The molecule has 9 heteroatoms. The predicted molar refractivity (Wildman–Crippen MR) is 124 cm³/mol. The summed E-state index contributed by atoms with van der Waals surface area (Å²) in [6.07, 6.45) is 4.57. The highest BCUT2D eigenvalue weighted by Gasteiger charge is 2.15. The molecule has 3 N–H and O–H groups in total. The summed E-state index contributed by atoms with van der Waals surface area (Å²) in [4.78, 5) is 29.8. The lowest BCUT2D eigenvalue weighted by Crippen LogP contribution is -2.30. The Morgan fingerprint density at radius 1 is 1.19 bits per heavy atom. The lowest BCUT2D eigenvalue weighted by molar-refractivity contribution is 0.0942. The molecular weight excluding hydrogens is 410 g/mol. The van der Waals surface area contributed by atoms with E-state index in [-0.39, 0.29) is 11.7 Å². The lowest BCUT2D eigenvalue weighted by Gasteiger charge is -2.17. The molecule has 0 aliphatic heterocycles. The number of carbonyl (C=O) groups excluding carboxylic acids is 1. The fourth-order valence-corrected chi connectivity index (χ4v) is 4.43. The van der Waals surface area contributed by atoms with Crippen molar-refractivity contribution in [3.05, 3.63) is 48.0 Å². The second-order valence-corrected chi connectivity index (χ2v) is 8.26. The Morgan fingerprint density at radius 2 is 1.97 bits per heavy atom. The van der Waals surface area contributed by atoms with E-state index in [0.717, 1.165) is 58.2 Å². The molecule has 0 fully saturated rings. The Hall–Kier alpha value is -2.88. The Labute approximate surface area is 185 Å². The Morgan fingerprint density at radius 3 is 2.68 bits per heavy atom. The van der Waals surface area contributed by atoms with Gasteiger partial charge in [0.2, 0.25) is 5.82 Å². The zero-order chi connectivity index (χ0) is 21.8. The summed E-state index contributed by atoms with van der Waals surface area (Å²) in [5.74, 6) is -0.0504. The van der Waals surface area contributed by atoms with Crippen LogP contribution in [0.2, 0.25) is 0 Å². The van der Waals surface area contributed by atoms with Crippen molar-refractivity contribution < 1.29 is 4.79 Å². The second kappa shape index (κ2) is 9.51. The van der Waals surface area contributed by atoms with Gasteiger partial charge in [-0.05, 0) is 31.6 Å². The first-order valence-electron chi connectivity index (χ1n) is 10.6. The number of rotatable bonds is 9. The van der Waals surface area contributed by atoms with Gasteiger partial charge >= 0.3 is 0 Å². The van der Waals surface area contributed by atoms with Gasteiger partial charge in [-0.15, -0.1) is 0 Å². The predicted octanol–water partition coefficient (Wildman–Crippen LogP) is 2.93. The van der Waals surface area contributed by atoms with Crippen molar-refractivity contribution in [1.82, 2.24) is 29.6 Å². The van der Waals surface area contributed by atoms with Crippen LogP contribution in [-0.4, -0.2) is 56.3 Å². The molecule has 0 aliphatic rings. The van der Waals surface area contributed by atoms with Crippen LogP contribution in [-0.2, 0) is 6.54 Å². The molecule has 8 nitrogen and oxygen atoms in total. The van der Waals surface area contributed by atoms with E-state index in [0.29, 0.717) is 13.1 Å². The summed E-state index contributed by atoms with van der Waals surface area (Å²) in [7, 11) is 0. The van der Waals surface area contributed by atoms with Crippen molar-refractivity contribution in [3.8, 4) is 11.3 Å². The minimum absolute atomic E-state index is 0.192. The molecule has 4 aromatic rings. The van der Waals surface area contributed by atoms with Gasteiger partial charge in [0.15, 0.2) is 4.96 Å². The van der Waals surface area contributed by atoms with Crippen LogP contribution >= 0.6 is 11.3 Å². The van der Waals surface area contributed by atoms with E-state index in [4.69, 9.17) is 10.7 Å². The summed E-state index contributed by atoms with van der Waals surface area (Å²) < 4.78 is 1.97. The number of nitrogens with one attached hydrogen (secondary N) is 1. The second-order valence-electron chi connectivity index (χ2n) is 7.30. The number of carbonyl (C=O) groups is 1. The molecule has 3 aromatic heterocycles. The Kier molecular flexibility index (Phi) is 6.55. The number of fused-ring (bicyclic) bond motifs is 3. The van der Waals surface area contributed by atoms with Crippen molar-refractivity contribution >= 4 is 32.6 Å². The molecule has 4 rings (SSSR count). The van der Waals surface area contributed by atoms with E-state index < -0.39 is 0 Å². The van der Waals surface area contributed by atoms with Gasteiger partial charge in [-0.1, -0.05) is 49.4 Å². The third-order valence-electron chi connectivity index (χ3n) is 5.38. The molecule has 0 unspecified atom stereocenters. The standard InChI is InChI=1S/C22H27N7OS/c1-3-28(4-2)11-5-10-24-20(30)19-25-13-18-21(27-19)31-22-26-17(14-29(18)22)16-8-6-15(12-23)7-9-16/h6-9,13-14H,3-5,10-12,23H2,1-2H3,(H,24,30). The lowest BCUT2D eigenvalue weighted by atomic mass is 10.1. The summed E-state index contributed by atoms with van der Waals surface area (Å²) in [5, 5.41) is 2.92.